The Bertz CT molecular complexity index is 973. The van der Waals surface area contributed by atoms with E-state index in [4.69, 9.17) is 4.52 Å². The zero-order valence-electron chi connectivity index (χ0n) is 15.5. The molecule has 0 spiro atoms. The summed E-state index contributed by atoms with van der Waals surface area (Å²) in [6, 6.07) is 7.93. The summed E-state index contributed by atoms with van der Waals surface area (Å²) in [5.74, 6) is -0.323. The van der Waals surface area contributed by atoms with Crippen LogP contribution in [0.4, 0.5) is 0 Å². The lowest BCUT2D eigenvalue weighted by Crippen LogP contribution is -2.70. The molecule has 2 fully saturated rings. The Labute approximate surface area is 171 Å². The quantitative estimate of drug-likeness (QED) is 0.586. The number of fused-ring (bicyclic) bond motifs is 1. The van der Waals surface area contributed by atoms with Crippen LogP contribution in [0.1, 0.15) is 30.0 Å². The van der Waals surface area contributed by atoms with Crippen LogP contribution >= 0.6 is 24.4 Å². The fraction of sp³-hybridized carbons (Fsp3) is 0.368. The van der Waals surface area contributed by atoms with Gasteiger partial charge in [0.05, 0.1) is 0 Å². The van der Waals surface area contributed by atoms with Crippen LogP contribution in [0, 0.1) is 6.92 Å². The molecule has 0 unspecified atom stereocenters. The molecule has 2 aliphatic heterocycles. The largest absolute Gasteiger partial charge is 0.360 e. The van der Waals surface area contributed by atoms with Crippen LogP contribution in [0.2, 0.25) is 0 Å². The number of hydrogen-bond acceptors (Lipinski definition) is 6. The van der Waals surface area contributed by atoms with E-state index in [2.05, 4.69) is 23.1 Å². The van der Waals surface area contributed by atoms with E-state index in [1.807, 2.05) is 44.2 Å². The van der Waals surface area contributed by atoms with Crippen LogP contribution in [-0.4, -0.2) is 49.2 Å². The summed E-state index contributed by atoms with van der Waals surface area (Å²) >= 11 is 5.43. The minimum atomic E-state index is -0.701. The number of benzene rings is 1. The van der Waals surface area contributed by atoms with Crippen molar-refractivity contribution >= 4 is 41.3 Å². The van der Waals surface area contributed by atoms with Gasteiger partial charge < -0.3 is 14.7 Å². The molecule has 1 aromatic heterocycles. The Kier molecular flexibility index (Phi) is 4.54. The van der Waals surface area contributed by atoms with Crippen molar-refractivity contribution in [1.82, 2.24) is 15.4 Å². The molecule has 2 saturated heterocycles. The monoisotopic (exact) mass is 417 g/mol. The number of nitrogens with zero attached hydrogens (tertiary/aromatic N) is 2. The third kappa shape index (κ3) is 2.84. The number of rotatable bonds is 4. The molecular formula is C19H19N3O4S2. The molecule has 0 saturated carbocycles. The van der Waals surface area contributed by atoms with Gasteiger partial charge in [0.25, 0.3) is 5.91 Å². The molecule has 0 aliphatic carbocycles. The molecule has 28 heavy (non-hydrogen) atoms. The number of nitrogens with one attached hydrogen (secondary N) is 1. The first-order chi connectivity index (χ1) is 13.2. The van der Waals surface area contributed by atoms with Gasteiger partial charge in [-0.05, 0) is 20.8 Å². The minimum Gasteiger partial charge on any atom is -0.360 e. The zero-order chi connectivity index (χ0) is 20.2. The molecule has 2 amide bonds. The normalized spacial score (nSPS) is 25.2. The van der Waals surface area contributed by atoms with Gasteiger partial charge in [0.1, 0.15) is 34.5 Å². The van der Waals surface area contributed by atoms with Gasteiger partial charge in [0, 0.05) is 10.3 Å². The van der Waals surface area contributed by atoms with Gasteiger partial charge in [-0.15, -0.1) is 24.4 Å². The molecule has 9 heteroatoms. The number of carbonyl (C=O) groups is 3. The SMILES string of the molecule is Cc1onc(-c2ccccc2)c1C(=O)N[C@@H]1C(=O)N2[C@@H]1SC(C)(C)[C@@H]2C(=O)S. The fourth-order valence-corrected chi connectivity index (χ4v) is 5.96. The number of β-lactam (4-membered cyclic amide) rings is 1. The predicted molar refractivity (Wildman–Crippen MR) is 108 cm³/mol. The van der Waals surface area contributed by atoms with Crippen molar-refractivity contribution in [1.29, 1.82) is 0 Å². The smallest absolute Gasteiger partial charge is 0.257 e. The lowest BCUT2D eigenvalue weighted by Gasteiger charge is -2.43. The first-order valence-electron chi connectivity index (χ1n) is 8.77. The number of aromatic nitrogens is 1. The highest BCUT2D eigenvalue weighted by Gasteiger charge is 2.63. The summed E-state index contributed by atoms with van der Waals surface area (Å²) in [5, 5.41) is 6.17. The number of carbonyl (C=O) groups excluding carboxylic acids is 3. The van der Waals surface area contributed by atoms with Crippen molar-refractivity contribution in [2.24, 2.45) is 0 Å². The number of amides is 2. The molecule has 0 bridgehead atoms. The van der Waals surface area contributed by atoms with Gasteiger partial charge >= 0.3 is 0 Å². The first-order valence-corrected chi connectivity index (χ1v) is 10.1. The molecule has 7 nitrogen and oxygen atoms in total. The summed E-state index contributed by atoms with van der Waals surface area (Å²) in [6.07, 6.45) is 0. The third-order valence-electron chi connectivity index (χ3n) is 5.10. The molecule has 0 radical (unpaired) electrons. The maximum absolute atomic E-state index is 13.0. The summed E-state index contributed by atoms with van der Waals surface area (Å²) in [6.45, 7) is 5.46. The van der Waals surface area contributed by atoms with Crippen LogP contribution in [-0.2, 0) is 9.59 Å². The van der Waals surface area contributed by atoms with E-state index in [9.17, 15) is 14.4 Å². The van der Waals surface area contributed by atoms with Crippen molar-refractivity contribution in [2.75, 3.05) is 0 Å². The van der Waals surface area contributed by atoms with Crippen molar-refractivity contribution in [3.63, 3.8) is 0 Å². The van der Waals surface area contributed by atoms with Crippen LogP contribution in [0.5, 0.6) is 0 Å². The summed E-state index contributed by atoms with van der Waals surface area (Å²) in [7, 11) is 0. The van der Waals surface area contributed by atoms with Crippen LogP contribution in [0.3, 0.4) is 0 Å². The van der Waals surface area contributed by atoms with E-state index in [1.54, 1.807) is 6.92 Å². The maximum atomic E-state index is 13.0. The Morgan fingerprint density at radius 2 is 1.96 bits per heavy atom. The average Bonchev–Trinajstić information content (AvgIpc) is 3.15. The molecular weight excluding hydrogens is 398 g/mol. The average molecular weight is 418 g/mol. The summed E-state index contributed by atoms with van der Waals surface area (Å²) in [5.41, 5.74) is 1.49. The molecule has 3 heterocycles. The number of thioether (sulfide) groups is 1. The summed E-state index contributed by atoms with van der Waals surface area (Å²) < 4.78 is 4.76. The van der Waals surface area contributed by atoms with Gasteiger partial charge in [0.2, 0.25) is 11.0 Å². The number of aryl methyl sites for hydroxylation is 1. The minimum absolute atomic E-state index is 0.279. The zero-order valence-corrected chi connectivity index (χ0v) is 17.2. The maximum Gasteiger partial charge on any atom is 0.257 e. The highest BCUT2D eigenvalue weighted by atomic mass is 32.2. The Morgan fingerprint density at radius 3 is 2.61 bits per heavy atom. The van der Waals surface area contributed by atoms with E-state index in [0.29, 0.717) is 17.0 Å². The highest BCUT2D eigenvalue weighted by Crippen LogP contribution is 2.51. The second-order valence-electron chi connectivity index (χ2n) is 7.38. The van der Waals surface area contributed by atoms with E-state index in [1.165, 1.54) is 16.7 Å². The van der Waals surface area contributed by atoms with Crippen molar-refractivity contribution in [3.8, 4) is 11.3 Å². The van der Waals surface area contributed by atoms with Crippen LogP contribution in [0.15, 0.2) is 34.9 Å². The second-order valence-corrected chi connectivity index (χ2v) is 9.59. The molecule has 3 atom stereocenters. The van der Waals surface area contributed by atoms with E-state index >= 15 is 0 Å². The highest BCUT2D eigenvalue weighted by molar-refractivity contribution is 8.02. The molecule has 2 aliphatic rings. The molecule has 146 valence electrons. The summed E-state index contributed by atoms with van der Waals surface area (Å²) in [4.78, 5) is 39.1. The second kappa shape index (κ2) is 6.66. The van der Waals surface area contributed by atoms with Crippen molar-refractivity contribution < 1.29 is 18.9 Å². The standard InChI is InChI=1S/C19H19N3O4S2/c1-9-11(12(21-26-9)10-7-5-4-6-8-10)15(23)20-13-16(24)22-14(18(25)27)19(2,3)28-17(13)22/h4-8,13-14,17H,1-3H3,(H,20,23)(H,25,27)/t13-,14+,17-/m1/s1. The molecule has 4 rings (SSSR count). The van der Waals surface area contributed by atoms with Crippen LogP contribution < -0.4 is 5.32 Å². The van der Waals surface area contributed by atoms with Crippen LogP contribution in [0.25, 0.3) is 11.3 Å². The Morgan fingerprint density at radius 1 is 1.29 bits per heavy atom. The van der Waals surface area contributed by atoms with E-state index in [0.717, 1.165) is 5.56 Å². The third-order valence-corrected chi connectivity index (χ3v) is 6.91. The van der Waals surface area contributed by atoms with E-state index in [-0.39, 0.29) is 16.4 Å². The predicted octanol–water partition coefficient (Wildman–Crippen LogP) is 2.27. The topological polar surface area (TPSA) is 92.5 Å². The van der Waals surface area contributed by atoms with E-state index < -0.39 is 22.7 Å². The molecule has 1 aromatic carbocycles. The lowest BCUT2D eigenvalue weighted by molar-refractivity contribution is -0.150. The van der Waals surface area contributed by atoms with Gasteiger partial charge in [-0.1, -0.05) is 35.5 Å². The Hall–Kier alpha value is -2.26. The van der Waals surface area contributed by atoms with Crippen molar-refractivity contribution in [2.45, 2.75) is 43.0 Å². The lowest BCUT2D eigenvalue weighted by atomic mass is 9.96. The Balaban J connectivity index is 1.58. The van der Waals surface area contributed by atoms with Gasteiger partial charge in [0.15, 0.2) is 0 Å². The van der Waals surface area contributed by atoms with Gasteiger partial charge in [-0.25, -0.2) is 0 Å². The number of thiol groups is 1. The molecule has 1 N–H and O–H groups in total. The van der Waals surface area contributed by atoms with Crippen molar-refractivity contribution in [3.05, 3.63) is 41.7 Å². The molecule has 2 aromatic rings. The van der Waals surface area contributed by atoms with Gasteiger partial charge in [-0.2, -0.15) is 0 Å². The first kappa shape index (κ1) is 19.1. The van der Waals surface area contributed by atoms with Gasteiger partial charge in [-0.3, -0.25) is 14.4 Å². The number of hydrogen-bond donors (Lipinski definition) is 2. The fourth-order valence-electron chi connectivity index (χ4n) is 3.79.